The van der Waals surface area contributed by atoms with Crippen molar-refractivity contribution < 1.29 is 9.22 Å². The molecule has 31 heavy (non-hydrogen) atoms. The molecule has 0 saturated heterocycles. The molecule has 3 aliphatic rings. The van der Waals surface area contributed by atoms with E-state index in [1.807, 2.05) is 0 Å². The zero-order valence-corrected chi connectivity index (χ0v) is 22.6. The fourth-order valence-electron chi connectivity index (χ4n) is 6.18. The molecule has 3 aliphatic carbocycles. The van der Waals surface area contributed by atoms with Gasteiger partial charge in [0.2, 0.25) is 8.32 Å². The van der Waals surface area contributed by atoms with Gasteiger partial charge < -0.3 is 4.43 Å². The van der Waals surface area contributed by atoms with Crippen molar-refractivity contribution in [2.24, 2.45) is 23.2 Å². The number of Topliss-reactive ketones (excluding diaryl/α,β-unsaturated/α-hetero) is 1. The summed E-state index contributed by atoms with van der Waals surface area (Å²) in [6, 6.07) is 6.87. The van der Waals surface area contributed by atoms with E-state index in [1.165, 1.54) is 17.5 Å². The van der Waals surface area contributed by atoms with Crippen LogP contribution in [0.2, 0.25) is 18.1 Å². The number of aryl methyl sites for hydroxylation is 1. The van der Waals surface area contributed by atoms with Crippen LogP contribution in [-0.2, 0) is 11.2 Å². The average molecular weight is 502 g/mol. The maximum absolute atomic E-state index is 13.2. The van der Waals surface area contributed by atoms with Gasteiger partial charge in [-0.3, -0.25) is 4.79 Å². The van der Waals surface area contributed by atoms with E-state index in [0.29, 0.717) is 28.9 Å². The molecule has 2 fully saturated rings. The molecule has 1 aromatic rings. The number of carbonyl (C=O) groups excluding carboxylic acids is 1. The number of ketones is 1. The first kappa shape index (κ1) is 23.1. The van der Waals surface area contributed by atoms with E-state index in [0.717, 1.165) is 31.4 Å². The molecule has 4 heteroatoms. The number of carbonyl (C=O) groups is 1. The van der Waals surface area contributed by atoms with Crippen LogP contribution >= 0.6 is 15.9 Å². The van der Waals surface area contributed by atoms with E-state index in [2.05, 4.69) is 86.8 Å². The fraction of sp³-hybridized carbons (Fsp3) is 0.667. The molecular formula is C27H37BrO2Si. The second kappa shape index (κ2) is 8.06. The van der Waals surface area contributed by atoms with Gasteiger partial charge in [-0.15, -0.1) is 0 Å². The van der Waals surface area contributed by atoms with Crippen LogP contribution in [0, 0.1) is 35.0 Å². The van der Waals surface area contributed by atoms with E-state index < -0.39 is 8.32 Å². The van der Waals surface area contributed by atoms with Crippen molar-refractivity contribution in [2.75, 3.05) is 5.33 Å². The summed E-state index contributed by atoms with van der Waals surface area (Å²) >= 11 is 3.38. The van der Waals surface area contributed by atoms with Crippen molar-refractivity contribution in [3.05, 3.63) is 29.3 Å². The minimum absolute atomic E-state index is 0.0620. The van der Waals surface area contributed by atoms with E-state index in [4.69, 9.17) is 4.43 Å². The Morgan fingerprint density at radius 1 is 1.26 bits per heavy atom. The van der Waals surface area contributed by atoms with Crippen LogP contribution in [-0.4, -0.2) is 19.4 Å². The quantitative estimate of drug-likeness (QED) is 0.245. The largest absolute Gasteiger partial charge is 0.543 e. The molecule has 0 bridgehead atoms. The molecule has 2 saturated carbocycles. The van der Waals surface area contributed by atoms with Crippen molar-refractivity contribution in [1.82, 2.24) is 0 Å². The van der Waals surface area contributed by atoms with Crippen molar-refractivity contribution in [2.45, 2.75) is 83.8 Å². The van der Waals surface area contributed by atoms with Crippen molar-refractivity contribution in [3.8, 4) is 17.6 Å². The first-order chi connectivity index (χ1) is 14.5. The summed E-state index contributed by atoms with van der Waals surface area (Å²) in [4.78, 5) is 13.2. The Balaban J connectivity index is 1.58. The van der Waals surface area contributed by atoms with E-state index in [9.17, 15) is 4.79 Å². The Hall–Kier alpha value is -1.05. The molecule has 0 spiro atoms. The number of hydrogen-bond donors (Lipinski definition) is 0. The minimum Gasteiger partial charge on any atom is -0.543 e. The zero-order valence-electron chi connectivity index (χ0n) is 20.0. The third-order valence-corrected chi connectivity index (χ3v) is 13.6. The number of rotatable bonds is 2. The van der Waals surface area contributed by atoms with Crippen LogP contribution < -0.4 is 4.43 Å². The van der Waals surface area contributed by atoms with Gasteiger partial charge in [0.15, 0.2) is 5.78 Å². The first-order valence-electron chi connectivity index (χ1n) is 11.9. The molecule has 0 aliphatic heterocycles. The van der Waals surface area contributed by atoms with E-state index in [-0.39, 0.29) is 16.4 Å². The highest BCUT2D eigenvalue weighted by atomic mass is 79.9. The molecule has 4 rings (SSSR count). The smallest absolute Gasteiger partial charge is 0.250 e. The molecule has 0 heterocycles. The molecule has 0 N–H and O–H groups in total. The van der Waals surface area contributed by atoms with E-state index >= 15 is 0 Å². The lowest BCUT2D eigenvalue weighted by Gasteiger charge is -2.48. The van der Waals surface area contributed by atoms with Crippen molar-refractivity contribution >= 4 is 30.0 Å². The highest BCUT2D eigenvalue weighted by molar-refractivity contribution is 9.09. The monoisotopic (exact) mass is 500 g/mol. The van der Waals surface area contributed by atoms with Gasteiger partial charge in [0.1, 0.15) is 5.75 Å². The lowest BCUT2D eigenvalue weighted by Crippen LogP contribution is -2.44. The Morgan fingerprint density at radius 3 is 2.68 bits per heavy atom. The Morgan fingerprint density at radius 2 is 2.00 bits per heavy atom. The van der Waals surface area contributed by atoms with Crippen LogP contribution in [0.3, 0.4) is 0 Å². The summed E-state index contributed by atoms with van der Waals surface area (Å²) in [5, 5.41) is 0.849. The van der Waals surface area contributed by atoms with Crippen molar-refractivity contribution in [1.29, 1.82) is 0 Å². The molecule has 0 amide bonds. The SMILES string of the molecule is CC(C)(C)[Si](C)(C)Oc1ccc2c(c1)CC[C@@H]1[C@@H]2CC[C@]2(C)C(=O)[C@H](C#CCBr)C[C@@H]12. The zero-order chi connectivity index (χ0) is 22.6. The lowest BCUT2D eigenvalue weighted by atomic mass is 9.55. The Bertz CT molecular complexity index is 935. The Labute approximate surface area is 198 Å². The number of hydrogen-bond acceptors (Lipinski definition) is 2. The van der Waals surface area contributed by atoms with Gasteiger partial charge in [0.25, 0.3) is 0 Å². The predicted octanol–water partition coefficient (Wildman–Crippen LogP) is 7.12. The van der Waals surface area contributed by atoms with Crippen LogP contribution in [0.4, 0.5) is 0 Å². The van der Waals surface area contributed by atoms with Crippen LogP contribution in [0.25, 0.3) is 0 Å². The Kier molecular flexibility index (Phi) is 6.01. The van der Waals surface area contributed by atoms with Gasteiger partial charge in [-0.05, 0) is 91.2 Å². The summed E-state index contributed by atoms with van der Waals surface area (Å²) in [5.41, 5.74) is 2.82. The van der Waals surface area contributed by atoms with Gasteiger partial charge in [-0.25, -0.2) is 0 Å². The lowest BCUT2D eigenvalue weighted by molar-refractivity contribution is -0.130. The van der Waals surface area contributed by atoms with Crippen LogP contribution in [0.5, 0.6) is 5.75 Å². The second-order valence-electron chi connectivity index (χ2n) is 11.7. The maximum Gasteiger partial charge on any atom is 0.250 e. The van der Waals surface area contributed by atoms with Crippen LogP contribution in [0.15, 0.2) is 18.2 Å². The highest BCUT2D eigenvalue weighted by Crippen LogP contribution is 2.60. The number of alkyl halides is 1. The molecule has 2 nitrogen and oxygen atoms in total. The second-order valence-corrected chi connectivity index (χ2v) is 17.0. The summed E-state index contributed by atoms with van der Waals surface area (Å²) in [6.07, 6.45) is 5.37. The summed E-state index contributed by atoms with van der Waals surface area (Å²) in [5.74, 6) is 9.43. The van der Waals surface area contributed by atoms with Gasteiger partial charge in [0.05, 0.1) is 11.2 Å². The highest BCUT2D eigenvalue weighted by Gasteiger charge is 2.57. The molecule has 1 aromatic carbocycles. The normalized spacial score (nSPS) is 32.4. The number of fused-ring (bicyclic) bond motifs is 5. The fourth-order valence-corrected chi connectivity index (χ4v) is 7.36. The average Bonchev–Trinajstić information content (AvgIpc) is 2.95. The third-order valence-electron chi connectivity index (χ3n) is 8.98. The van der Waals surface area contributed by atoms with Crippen LogP contribution in [0.1, 0.15) is 70.4 Å². The molecular weight excluding hydrogens is 464 g/mol. The first-order valence-corrected chi connectivity index (χ1v) is 15.9. The number of benzene rings is 1. The molecule has 168 valence electrons. The standard InChI is InChI=1S/C27H37BrO2Si/c1-26(2,3)31(5,6)30-20-10-12-21-18(16-20)9-11-23-22(21)13-14-27(4)24(23)17-19(25(27)29)8-7-15-28/h10,12,16,19,22-24H,9,11,13-15,17H2,1-6H3/t19-,22-,23-,24+,27+/m1/s1. The summed E-state index contributed by atoms with van der Waals surface area (Å²) in [7, 11) is -1.83. The van der Waals surface area contributed by atoms with Crippen molar-refractivity contribution in [3.63, 3.8) is 0 Å². The van der Waals surface area contributed by atoms with Gasteiger partial charge in [-0.2, -0.15) is 0 Å². The topological polar surface area (TPSA) is 26.3 Å². The predicted molar refractivity (Wildman–Crippen MR) is 134 cm³/mol. The molecule has 5 atom stereocenters. The summed E-state index contributed by atoms with van der Waals surface area (Å²) in [6.45, 7) is 13.7. The van der Waals surface area contributed by atoms with Gasteiger partial charge >= 0.3 is 0 Å². The molecule has 0 radical (unpaired) electrons. The minimum atomic E-state index is -1.83. The third kappa shape index (κ3) is 3.95. The van der Waals surface area contributed by atoms with Gasteiger partial charge in [-0.1, -0.05) is 61.5 Å². The summed E-state index contributed by atoms with van der Waals surface area (Å²) < 4.78 is 6.59. The molecule has 0 aromatic heterocycles. The number of halogens is 1. The van der Waals surface area contributed by atoms with E-state index in [1.54, 1.807) is 0 Å². The maximum atomic E-state index is 13.2. The van der Waals surface area contributed by atoms with Gasteiger partial charge in [0, 0.05) is 5.41 Å². The molecule has 0 unspecified atom stereocenters.